The van der Waals surface area contributed by atoms with Gasteiger partial charge in [0.05, 0.1) is 29.7 Å². The van der Waals surface area contributed by atoms with E-state index in [4.69, 9.17) is 4.74 Å². The summed E-state index contributed by atoms with van der Waals surface area (Å²) in [7, 11) is -2.71. The van der Waals surface area contributed by atoms with Crippen LogP contribution in [0.3, 0.4) is 0 Å². The summed E-state index contributed by atoms with van der Waals surface area (Å²) in [6.07, 6.45) is 0.844. The quantitative estimate of drug-likeness (QED) is 0.552. The van der Waals surface area contributed by atoms with Crippen LogP contribution in [0.4, 0.5) is 21.5 Å². The van der Waals surface area contributed by atoms with Gasteiger partial charge in [-0.2, -0.15) is 0 Å². The molecule has 1 amide bonds. The van der Waals surface area contributed by atoms with Gasteiger partial charge in [-0.15, -0.1) is 0 Å². The van der Waals surface area contributed by atoms with Crippen LogP contribution in [-0.2, 0) is 14.8 Å². The second kappa shape index (κ2) is 8.21. The van der Waals surface area contributed by atoms with E-state index < -0.39 is 32.7 Å². The molecule has 0 aliphatic heterocycles. The molecule has 9 nitrogen and oxygen atoms in total. The predicted molar refractivity (Wildman–Crippen MR) is 101 cm³/mol. The van der Waals surface area contributed by atoms with E-state index in [0.29, 0.717) is 4.31 Å². The number of sulfonamides is 1. The van der Waals surface area contributed by atoms with Crippen molar-refractivity contribution in [3.8, 4) is 5.75 Å². The molecule has 1 atom stereocenters. The lowest BCUT2D eigenvalue weighted by atomic mass is 10.2. The summed E-state index contributed by atoms with van der Waals surface area (Å²) < 4.78 is 44.3. The van der Waals surface area contributed by atoms with Gasteiger partial charge in [-0.3, -0.25) is 19.2 Å². The molecule has 2 aromatic rings. The van der Waals surface area contributed by atoms with Crippen LogP contribution >= 0.6 is 0 Å². The number of carbonyl (C=O) groups excluding carboxylic acids is 1. The Bertz CT molecular complexity index is 1010. The smallest absolute Gasteiger partial charge is 0.271 e. The van der Waals surface area contributed by atoms with Crippen LogP contribution in [0.15, 0.2) is 42.5 Å². The van der Waals surface area contributed by atoms with Crippen molar-refractivity contribution in [1.29, 1.82) is 0 Å². The van der Waals surface area contributed by atoms with Gasteiger partial charge in [0, 0.05) is 12.1 Å². The average Bonchev–Trinajstić information content (AvgIpc) is 2.62. The average molecular weight is 411 g/mol. The van der Waals surface area contributed by atoms with Crippen molar-refractivity contribution in [2.24, 2.45) is 0 Å². The van der Waals surface area contributed by atoms with E-state index in [1.54, 1.807) is 0 Å². The molecule has 0 radical (unpaired) electrons. The van der Waals surface area contributed by atoms with Crippen LogP contribution in [-0.4, -0.2) is 38.7 Å². The number of anilines is 2. The molecular weight excluding hydrogens is 393 g/mol. The molecule has 0 bridgehead atoms. The van der Waals surface area contributed by atoms with E-state index >= 15 is 0 Å². The van der Waals surface area contributed by atoms with E-state index in [0.717, 1.165) is 18.4 Å². The maximum absolute atomic E-state index is 14.1. The zero-order valence-electron chi connectivity index (χ0n) is 15.2. The molecule has 2 rings (SSSR count). The molecule has 0 fully saturated rings. The van der Waals surface area contributed by atoms with Crippen LogP contribution in [0.25, 0.3) is 0 Å². The first-order valence-electron chi connectivity index (χ1n) is 7.93. The Kier molecular flexibility index (Phi) is 6.19. The molecule has 0 saturated carbocycles. The van der Waals surface area contributed by atoms with Crippen LogP contribution < -0.4 is 14.4 Å². The number of non-ortho nitro benzene ring substituents is 1. The van der Waals surface area contributed by atoms with Gasteiger partial charge in [-0.25, -0.2) is 12.8 Å². The van der Waals surface area contributed by atoms with Crippen molar-refractivity contribution in [3.63, 3.8) is 0 Å². The van der Waals surface area contributed by atoms with Crippen molar-refractivity contribution in [2.45, 2.75) is 13.0 Å². The summed E-state index contributed by atoms with van der Waals surface area (Å²) in [5, 5.41) is 13.4. The van der Waals surface area contributed by atoms with Crippen LogP contribution in [0.5, 0.6) is 5.75 Å². The summed E-state index contributed by atoms with van der Waals surface area (Å²) in [5.41, 5.74) is -0.605. The number of ether oxygens (including phenoxy) is 1. The number of nitrogens with zero attached hydrogens (tertiary/aromatic N) is 2. The van der Waals surface area contributed by atoms with Gasteiger partial charge in [0.2, 0.25) is 15.9 Å². The summed E-state index contributed by atoms with van der Waals surface area (Å²) in [4.78, 5) is 23.0. The van der Waals surface area contributed by atoms with Crippen molar-refractivity contribution in [1.82, 2.24) is 0 Å². The van der Waals surface area contributed by atoms with Crippen molar-refractivity contribution >= 4 is 33.0 Å². The Hall–Kier alpha value is -3.21. The predicted octanol–water partition coefficient (Wildman–Crippen LogP) is 2.54. The number of nitro benzene ring substituents is 1. The van der Waals surface area contributed by atoms with E-state index in [1.165, 1.54) is 44.4 Å². The fraction of sp³-hybridized carbons (Fsp3) is 0.235. The highest BCUT2D eigenvalue weighted by Gasteiger charge is 2.31. The summed E-state index contributed by atoms with van der Waals surface area (Å²) in [5.74, 6) is -1.50. The molecule has 0 unspecified atom stereocenters. The minimum Gasteiger partial charge on any atom is -0.495 e. The number of nitrogens with one attached hydrogen (secondary N) is 1. The van der Waals surface area contributed by atoms with E-state index in [1.807, 2.05) is 0 Å². The second-order valence-electron chi connectivity index (χ2n) is 5.82. The molecule has 0 heterocycles. The lowest BCUT2D eigenvalue weighted by Crippen LogP contribution is -2.45. The fourth-order valence-electron chi connectivity index (χ4n) is 2.56. The van der Waals surface area contributed by atoms with Gasteiger partial charge in [0.25, 0.3) is 5.69 Å². The van der Waals surface area contributed by atoms with Crippen molar-refractivity contribution in [2.75, 3.05) is 23.0 Å². The highest BCUT2D eigenvalue weighted by Crippen LogP contribution is 2.30. The number of hydrogen-bond donors (Lipinski definition) is 1. The molecule has 11 heteroatoms. The maximum Gasteiger partial charge on any atom is 0.271 e. The molecule has 0 aromatic heterocycles. The minimum absolute atomic E-state index is 0.0180. The lowest BCUT2D eigenvalue weighted by Gasteiger charge is -2.28. The monoisotopic (exact) mass is 411 g/mol. The molecular formula is C17H18FN3O6S. The molecule has 0 spiro atoms. The normalized spacial score (nSPS) is 12.1. The number of amides is 1. The lowest BCUT2D eigenvalue weighted by molar-refractivity contribution is -0.384. The Morgan fingerprint density at radius 2 is 1.93 bits per heavy atom. The van der Waals surface area contributed by atoms with Crippen molar-refractivity contribution < 1.29 is 27.3 Å². The first-order chi connectivity index (χ1) is 13.1. The van der Waals surface area contributed by atoms with Gasteiger partial charge in [-0.1, -0.05) is 12.1 Å². The van der Waals surface area contributed by atoms with Gasteiger partial charge in [0.15, 0.2) is 0 Å². The Morgan fingerprint density at radius 3 is 2.46 bits per heavy atom. The maximum atomic E-state index is 14.1. The number of halogens is 1. The summed E-state index contributed by atoms with van der Waals surface area (Å²) in [6.45, 7) is 1.27. The summed E-state index contributed by atoms with van der Waals surface area (Å²) >= 11 is 0. The van der Waals surface area contributed by atoms with Crippen LogP contribution in [0, 0.1) is 15.9 Å². The van der Waals surface area contributed by atoms with E-state index in [-0.39, 0.29) is 22.8 Å². The van der Waals surface area contributed by atoms with Crippen LogP contribution in [0.1, 0.15) is 6.92 Å². The molecule has 0 saturated heterocycles. The number of rotatable bonds is 7. The van der Waals surface area contributed by atoms with E-state index in [2.05, 4.69) is 5.32 Å². The Labute approximate surface area is 160 Å². The molecule has 28 heavy (non-hydrogen) atoms. The van der Waals surface area contributed by atoms with Gasteiger partial charge in [0.1, 0.15) is 17.6 Å². The first-order valence-corrected chi connectivity index (χ1v) is 9.78. The highest BCUT2D eigenvalue weighted by atomic mass is 32.2. The highest BCUT2D eigenvalue weighted by molar-refractivity contribution is 7.92. The molecule has 1 N–H and O–H groups in total. The topological polar surface area (TPSA) is 119 Å². The molecule has 0 aliphatic rings. The van der Waals surface area contributed by atoms with Gasteiger partial charge >= 0.3 is 0 Å². The zero-order valence-corrected chi connectivity index (χ0v) is 16.1. The fourth-order valence-corrected chi connectivity index (χ4v) is 3.73. The standard InChI is InChI=1S/C17H18FN3O6S/c1-11(20(28(3,25)26)15-7-5-4-6-13(15)18)17(22)19-14-10-12(21(23)24)8-9-16(14)27-2/h4-11H,1-3H3,(H,19,22)/t11-/m1/s1. The largest absolute Gasteiger partial charge is 0.495 e. The van der Waals surface area contributed by atoms with Crippen molar-refractivity contribution in [3.05, 3.63) is 58.4 Å². The number of nitro groups is 1. The Balaban J connectivity index is 2.41. The minimum atomic E-state index is -4.02. The zero-order chi connectivity index (χ0) is 21.1. The van der Waals surface area contributed by atoms with E-state index in [9.17, 15) is 27.7 Å². The van der Waals surface area contributed by atoms with Gasteiger partial charge < -0.3 is 10.1 Å². The van der Waals surface area contributed by atoms with Gasteiger partial charge in [-0.05, 0) is 25.1 Å². The molecule has 150 valence electrons. The third-order valence-electron chi connectivity index (χ3n) is 3.83. The second-order valence-corrected chi connectivity index (χ2v) is 7.68. The summed E-state index contributed by atoms with van der Waals surface area (Å²) in [6, 6.07) is 7.34. The van der Waals surface area contributed by atoms with Crippen LogP contribution in [0.2, 0.25) is 0 Å². The molecule has 2 aromatic carbocycles. The first kappa shape index (κ1) is 21.1. The number of methoxy groups -OCH3 is 1. The molecule has 0 aliphatic carbocycles. The number of hydrogen-bond acceptors (Lipinski definition) is 6. The third-order valence-corrected chi connectivity index (χ3v) is 5.06. The Morgan fingerprint density at radius 1 is 1.29 bits per heavy atom. The number of para-hydroxylation sites is 1. The SMILES string of the molecule is COc1ccc([N+](=O)[O-])cc1NC(=O)[C@@H](C)N(c1ccccc1F)S(C)(=O)=O. The number of carbonyl (C=O) groups is 1. The third kappa shape index (κ3) is 4.55. The number of benzene rings is 2.